The standard InChI is InChI=1S/C4H10O4S.C4H10O.C2H6O2.10C2H4/c1-4(2)3-8-9(5,6)7;1-3-5-4-2;3-1-2-4;10*1-2/h4H,3H2,1-2H3,(H,5,6,7);3-4H2,1-2H3;3-4H,1-2H2;10*1-2H2. The summed E-state index contributed by atoms with van der Waals surface area (Å²) < 4.78 is 36.6. The van der Waals surface area contributed by atoms with Crippen molar-refractivity contribution in [2.24, 2.45) is 5.92 Å². The number of aliphatic hydroxyl groups excluding tert-OH is 2. The Bertz CT molecular complexity index is 326. The molecule has 0 aliphatic rings. The van der Waals surface area contributed by atoms with Crippen LogP contribution in [-0.2, 0) is 19.3 Å². The summed E-state index contributed by atoms with van der Waals surface area (Å²) in [5.41, 5.74) is 0. The Kier molecular flexibility index (Phi) is 477. The largest absolute Gasteiger partial charge is 0.397 e. The van der Waals surface area contributed by atoms with Crippen molar-refractivity contribution in [1.29, 1.82) is 0 Å². The van der Waals surface area contributed by atoms with Gasteiger partial charge in [0.15, 0.2) is 0 Å². The lowest BCUT2D eigenvalue weighted by Gasteiger charge is -2.00. The normalized spacial score (nSPS) is 5.89. The maximum atomic E-state index is 9.87. The zero-order valence-corrected chi connectivity index (χ0v) is 26.5. The van der Waals surface area contributed by atoms with Crippen LogP contribution in [0.2, 0.25) is 0 Å². The first-order chi connectivity index (χ1) is 18.2. The predicted molar refractivity (Wildman–Crippen MR) is 181 cm³/mol. The molecule has 0 amide bonds. The van der Waals surface area contributed by atoms with Crippen LogP contribution in [0.5, 0.6) is 0 Å². The van der Waals surface area contributed by atoms with Gasteiger partial charge in [0.1, 0.15) is 0 Å². The van der Waals surface area contributed by atoms with Gasteiger partial charge in [-0.25, -0.2) is 4.18 Å². The lowest BCUT2D eigenvalue weighted by atomic mass is 10.2. The Morgan fingerprint density at radius 1 is 0.553 bits per heavy atom. The monoisotopic (exact) mass is 570 g/mol. The van der Waals surface area contributed by atoms with Gasteiger partial charge in [-0.05, 0) is 19.8 Å². The molecule has 0 atom stereocenters. The molecule has 0 spiro atoms. The van der Waals surface area contributed by atoms with E-state index in [0.29, 0.717) is 0 Å². The molecule has 0 radical (unpaired) electrons. The highest BCUT2D eigenvalue weighted by molar-refractivity contribution is 7.80. The maximum absolute atomic E-state index is 9.87. The molecule has 38 heavy (non-hydrogen) atoms. The molecular formula is C30H66O7S. The molecule has 0 aromatic rings. The molecule has 0 aromatic heterocycles. The topological polar surface area (TPSA) is 113 Å². The van der Waals surface area contributed by atoms with Crippen LogP contribution in [0.25, 0.3) is 0 Å². The maximum Gasteiger partial charge on any atom is 0.397 e. The van der Waals surface area contributed by atoms with E-state index in [0.717, 1.165) is 13.2 Å². The van der Waals surface area contributed by atoms with Gasteiger partial charge in [0.2, 0.25) is 0 Å². The van der Waals surface area contributed by atoms with Crippen LogP contribution in [0, 0.1) is 5.92 Å². The molecule has 8 heteroatoms. The van der Waals surface area contributed by atoms with Crippen LogP contribution in [0.4, 0.5) is 0 Å². The van der Waals surface area contributed by atoms with Crippen molar-refractivity contribution < 1.29 is 32.1 Å². The van der Waals surface area contributed by atoms with Gasteiger partial charge in [0, 0.05) is 13.2 Å². The Morgan fingerprint density at radius 2 is 0.737 bits per heavy atom. The Labute approximate surface area is 240 Å². The fourth-order valence-electron chi connectivity index (χ4n) is 0.426. The summed E-state index contributed by atoms with van der Waals surface area (Å²) in [4.78, 5) is 0. The van der Waals surface area contributed by atoms with Gasteiger partial charge in [-0.1, -0.05) is 13.8 Å². The quantitative estimate of drug-likeness (QED) is 0.217. The van der Waals surface area contributed by atoms with Crippen LogP contribution >= 0.6 is 0 Å². The third kappa shape index (κ3) is 906. The highest BCUT2D eigenvalue weighted by Crippen LogP contribution is 1.95. The van der Waals surface area contributed by atoms with E-state index in [1.807, 2.05) is 13.8 Å². The predicted octanol–water partition coefficient (Wildman–Crippen LogP) is 8.50. The Hall–Kier alpha value is -2.85. The van der Waals surface area contributed by atoms with Gasteiger partial charge in [-0.2, -0.15) is 8.42 Å². The molecule has 0 saturated heterocycles. The number of hydrogen-bond acceptors (Lipinski definition) is 6. The SMILES string of the molecule is C=C.C=C.C=C.C=C.C=C.C=C.C=C.C=C.C=C.C=C.CC(C)COS(=O)(=O)O.CCOCC.OCCO. The fourth-order valence-corrected chi connectivity index (χ4v) is 0.870. The molecule has 0 aromatic carbocycles. The molecule has 7 nitrogen and oxygen atoms in total. The first kappa shape index (κ1) is 83.6. The zero-order valence-electron chi connectivity index (χ0n) is 25.6. The van der Waals surface area contributed by atoms with E-state index in [-0.39, 0.29) is 25.7 Å². The summed E-state index contributed by atoms with van der Waals surface area (Å²) in [6, 6.07) is 0. The first-order valence-electron chi connectivity index (χ1n) is 10.7. The van der Waals surface area contributed by atoms with Gasteiger partial charge >= 0.3 is 10.4 Å². The molecule has 0 fully saturated rings. The molecular weight excluding hydrogens is 504 g/mol. The average Bonchev–Trinajstić information content (AvgIpc) is 3.03. The van der Waals surface area contributed by atoms with Gasteiger partial charge in [0.25, 0.3) is 0 Å². The molecule has 0 bridgehead atoms. The summed E-state index contributed by atoms with van der Waals surface area (Å²) in [7, 11) is -4.22. The van der Waals surface area contributed by atoms with Crippen molar-refractivity contribution in [3.63, 3.8) is 0 Å². The van der Waals surface area contributed by atoms with E-state index >= 15 is 0 Å². The van der Waals surface area contributed by atoms with E-state index in [1.165, 1.54) is 0 Å². The summed E-state index contributed by atoms with van der Waals surface area (Å²) in [5, 5.41) is 15.2. The highest BCUT2D eigenvalue weighted by Gasteiger charge is 2.04. The van der Waals surface area contributed by atoms with E-state index in [4.69, 9.17) is 19.5 Å². The molecule has 3 N–H and O–H groups in total. The summed E-state index contributed by atoms with van der Waals surface area (Å²) in [6.45, 7) is 69.0. The third-order valence-electron chi connectivity index (χ3n) is 1.06. The van der Waals surface area contributed by atoms with Crippen molar-refractivity contribution >= 4 is 10.4 Å². The number of ether oxygens (including phenoxy) is 1. The number of hydrogen-bond donors (Lipinski definition) is 3. The fraction of sp³-hybridized carbons (Fsp3) is 0.333. The van der Waals surface area contributed by atoms with E-state index in [2.05, 4.69) is 136 Å². The highest BCUT2D eigenvalue weighted by atomic mass is 32.3. The van der Waals surface area contributed by atoms with Crippen LogP contribution < -0.4 is 0 Å². The van der Waals surface area contributed by atoms with Crippen LogP contribution in [0.3, 0.4) is 0 Å². The van der Waals surface area contributed by atoms with Crippen LogP contribution in [0.15, 0.2) is 132 Å². The third-order valence-corrected chi connectivity index (χ3v) is 1.49. The van der Waals surface area contributed by atoms with Crippen molar-refractivity contribution in [2.45, 2.75) is 27.7 Å². The molecule has 0 saturated carbocycles. The molecule has 0 rings (SSSR count). The molecule has 0 aliphatic heterocycles. The first-order valence-corrected chi connectivity index (χ1v) is 12.0. The number of aliphatic hydroxyl groups is 2. The van der Waals surface area contributed by atoms with Gasteiger partial charge in [-0.3, -0.25) is 4.55 Å². The van der Waals surface area contributed by atoms with Crippen molar-refractivity contribution in [3.8, 4) is 0 Å². The second-order valence-electron chi connectivity index (χ2n) is 3.33. The minimum atomic E-state index is -4.22. The van der Waals surface area contributed by atoms with E-state index in [9.17, 15) is 8.42 Å². The van der Waals surface area contributed by atoms with Crippen LogP contribution in [-0.4, -0.2) is 56.2 Å². The van der Waals surface area contributed by atoms with Crippen LogP contribution in [0.1, 0.15) is 27.7 Å². The smallest absolute Gasteiger partial charge is 0.394 e. The second kappa shape index (κ2) is 217. The van der Waals surface area contributed by atoms with Gasteiger partial charge < -0.3 is 14.9 Å². The average molecular weight is 571 g/mol. The van der Waals surface area contributed by atoms with E-state index < -0.39 is 10.4 Å². The zero-order chi connectivity index (χ0) is 35.0. The van der Waals surface area contributed by atoms with Gasteiger partial charge in [0.05, 0.1) is 19.8 Å². The second-order valence-corrected chi connectivity index (χ2v) is 4.43. The summed E-state index contributed by atoms with van der Waals surface area (Å²) >= 11 is 0. The summed E-state index contributed by atoms with van der Waals surface area (Å²) in [6.07, 6.45) is 0. The lowest BCUT2D eigenvalue weighted by Crippen LogP contribution is -2.08. The Balaban J connectivity index is -0.0000000173. The minimum absolute atomic E-state index is 0.0266. The van der Waals surface area contributed by atoms with Crippen molar-refractivity contribution in [3.05, 3.63) is 132 Å². The lowest BCUT2D eigenvalue weighted by molar-refractivity contribution is 0.162. The number of rotatable bonds is 6. The Morgan fingerprint density at radius 3 is 0.763 bits per heavy atom. The molecule has 0 aliphatic carbocycles. The van der Waals surface area contributed by atoms with E-state index in [1.54, 1.807) is 13.8 Å². The minimum Gasteiger partial charge on any atom is -0.394 e. The van der Waals surface area contributed by atoms with Crippen molar-refractivity contribution in [1.82, 2.24) is 0 Å². The van der Waals surface area contributed by atoms with Crippen molar-refractivity contribution in [2.75, 3.05) is 33.0 Å². The molecule has 234 valence electrons. The summed E-state index contributed by atoms with van der Waals surface area (Å²) in [5.74, 6) is 0.104. The molecule has 0 heterocycles. The molecule has 0 unspecified atom stereocenters. The van der Waals surface area contributed by atoms with Gasteiger partial charge in [-0.15, -0.1) is 132 Å².